The van der Waals surface area contributed by atoms with Gasteiger partial charge in [0.05, 0.1) is 17.1 Å². The van der Waals surface area contributed by atoms with Crippen molar-refractivity contribution in [2.75, 3.05) is 4.90 Å². The summed E-state index contributed by atoms with van der Waals surface area (Å²) in [5.74, 6) is 1.62. The summed E-state index contributed by atoms with van der Waals surface area (Å²) in [5, 5.41) is 0. The number of nitrogens with zero attached hydrogens (tertiary/aromatic N) is 1. The lowest BCUT2D eigenvalue weighted by Gasteiger charge is -2.36. The number of hydrogen-bond acceptors (Lipinski definition) is 2. The van der Waals surface area contributed by atoms with Gasteiger partial charge in [0.25, 0.3) is 0 Å². The Morgan fingerprint density at radius 2 is 0.647 bits per heavy atom. The SMILES string of the molecule is CC1(C)c2ccccc2-c2ccc(-c3ccc4c(c3)Oc3cc(-c5ccc6c(c5)C(C)(C)c5ccccc5-6)ccc3N4c3c(-c4ccccc4)cc(-c4ccccc4)cc3-c3ccccc3)cc21. The van der Waals surface area contributed by atoms with Crippen molar-refractivity contribution in [2.24, 2.45) is 0 Å². The van der Waals surface area contributed by atoms with Gasteiger partial charge in [0.1, 0.15) is 0 Å². The quantitative estimate of drug-likeness (QED) is 0.165. The first kappa shape index (κ1) is 40.1. The minimum Gasteiger partial charge on any atom is -0.453 e. The fourth-order valence-electron chi connectivity index (χ4n) is 11.5. The molecule has 13 rings (SSSR count). The highest BCUT2D eigenvalue weighted by Gasteiger charge is 2.37. The minimum atomic E-state index is -0.109. The van der Waals surface area contributed by atoms with Crippen LogP contribution < -0.4 is 9.64 Å². The zero-order valence-corrected chi connectivity index (χ0v) is 38.7. The molecule has 0 aromatic heterocycles. The molecule has 68 heavy (non-hydrogen) atoms. The fraction of sp³-hybridized carbons (Fsp3) is 0.0909. The lowest BCUT2D eigenvalue weighted by molar-refractivity contribution is 0.477. The third kappa shape index (κ3) is 6.17. The minimum absolute atomic E-state index is 0.109. The summed E-state index contributed by atoms with van der Waals surface area (Å²) in [5.41, 5.74) is 25.1. The first-order chi connectivity index (χ1) is 33.2. The topological polar surface area (TPSA) is 12.5 Å². The highest BCUT2D eigenvalue weighted by Crippen LogP contribution is 2.58. The van der Waals surface area contributed by atoms with E-state index in [1.165, 1.54) is 61.2 Å². The number of anilines is 3. The molecule has 1 aliphatic heterocycles. The number of benzene rings is 10. The van der Waals surface area contributed by atoms with E-state index in [1.807, 2.05) is 0 Å². The number of ether oxygens (including phenoxy) is 1. The second-order valence-electron chi connectivity index (χ2n) is 19.7. The fourth-order valence-corrected chi connectivity index (χ4v) is 11.5. The summed E-state index contributed by atoms with van der Waals surface area (Å²) < 4.78 is 7.26. The summed E-state index contributed by atoms with van der Waals surface area (Å²) in [6, 6.07) is 82.5. The Kier molecular flexibility index (Phi) is 8.95. The molecule has 0 N–H and O–H groups in total. The van der Waals surface area contributed by atoms with E-state index in [-0.39, 0.29) is 10.8 Å². The van der Waals surface area contributed by atoms with E-state index >= 15 is 0 Å². The Morgan fingerprint density at radius 1 is 0.279 bits per heavy atom. The number of hydrogen-bond donors (Lipinski definition) is 0. The maximum atomic E-state index is 7.26. The molecule has 0 radical (unpaired) electrons. The molecule has 0 bridgehead atoms. The highest BCUT2D eigenvalue weighted by molar-refractivity contribution is 6.03. The van der Waals surface area contributed by atoms with Crippen molar-refractivity contribution in [3.05, 3.63) is 247 Å². The maximum Gasteiger partial charge on any atom is 0.152 e. The summed E-state index contributed by atoms with van der Waals surface area (Å²) in [7, 11) is 0. The third-order valence-corrected chi connectivity index (χ3v) is 15.1. The van der Waals surface area contributed by atoms with Crippen LogP contribution >= 0.6 is 0 Å². The van der Waals surface area contributed by atoms with Crippen LogP contribution in [0.15, 0.2) is 224 Å². The standard InChI is InChI=1S/C66H49NO/c1-65(2)56-26-16-14-24-50(56)52-32-28-45(38-58(52)65)47-30-34-60-62(40-47)68-63-41-48(46-29-33-53-51-25-15-17-27-57(51)66(3,4)59(53)39-46)31-35-61(63)67(60)64-54(43-20-10-6-11-21-43)36-49(42-18-8-5-9-19-42)37-55(64)44-22-12-7-13-23-44/h5-41H,1-4H3. The van der Waals surface area contributed by atoms with Crippen LogP contribution in [-0.4, -0.2) is 0 Å². The predicted octanol–water partition coefficient (Wildman–Crippen LogP) is 18.2. The van der Waals surface area contributed by atoms with Crippen LogP contribution in [0.1, 0.15) is 49.9 Å². The Balaban J connectivity index is 1.03. The molecule has 0 unspecified atom stereocenters. The van der Waals surface area contributed by atoms with Crippen molar-refractivity contribution < 1.29 is 4.74 Å². The number of rotatable bonds is 6. The van der Waals surface area contributed by atoms with Crippen LogP contribution in [0.4, 0.5) is 17.1 Å². The van der Waals surface area contributed by atoms with Gasteiger partial charge in [-0.3, -0.25) is 0 Å². The molecule has 2 nitrogen and oxygen atoms in total. The molecule has 10 aromatic rings. The molecule has 1 heterocycles. The zero-order valence-electron chi connectivity index (χ0n) is 38.7. The monoisotopic (exact) mass is 871 g/mol. The van der Waals surface area contributed by atoms with Gasteiger partial charge in [0, 0.05) is 22.0 Å². The number of fused-ring (bicyclic) bond motifs is 8. The van der Waals surface area contributed by atoms with Crippen molar-refractivity contribution in [3.63, 3.8) is 0 Å². The van der Waals surface area contributed by atoms with E-state index in [9.17, 15) is 0 Å². The zero-order chi connectivity index (χ0) is 45.7. The van der Waals surface area contributed by atoms with Crippen LogP contribution in [0.3, 0.4) is 0 Å². The predicted molar refractivity (Wildman–Crippen MR) is 284 cm³/mol. The van der Waals surface area contributed by atoms with Gasteiger partial charge in [-0.15, -0.1) is 0 Å². The largest absolute Gasteiger partial charge is 0.453 e. The lowest BCUT2D eigenvalue weighted by atomic mass is 9.81. The van der Waals surface area contributed by atoms with E-state index in [2.05, 4.69) is 257 Å². The summed E-state index contributed by atoms with van der Waals surface area (Å²) in [6.07, 6.45) is 0. The molecule has 0 atom stereocenters. The van der Waals surface area contributed by atoms with Crippen LogP contribution in [0.2, 0.25) is 0 Å². The normalized spacial score (nSPS) is 14.2. The molecule has 10 aromatic carbocycles. The molecular formula is C66H49NO. The van der Waals surface area contributed by atoms with Crippen LogP contribution in [-0.2, 0) is 10.8 Å². The van der Waals surface area contributed by atoms with Gasteiger partial charge in [-0.2, -0.15) is 0 Å². The molecule has 3 aliphatic rings. The van der Waals surface area contributed by atoms with Crippen LogP contribution in [0.25, 0.3) is 77.9 Å². The molecule has 324 valence electrons. The van der Waals surface area contributed by atoms with Crippen molar-refractivity contribution in [1.29, 1.82) is 0 Å². The van der Waals surface area contributed by atoms with Gasteiger partial charge in [-0.05, 0) is 138 Å². The Bertz CT molecular complexity index is 3420. The van der Waals surface area contributed by atoms with Crippen molar-refractivity contribution in [3.8, 4) is 89.4 Å². The third-order valence-electron chi connectivity index (χ3n) is 15.1. The second-order valence-corrected chi connectivity index (χ2v) is 19.7. The van der Waals surface area contributed by atoms with E-state index in [4.69, 9.17) is 4.74 Å². The molecule has 0 spiro atoms. The lowest BCUT2D eigenvalue weighted by Crippen LogP contribution is -2.18. The molecule has 0 fully saturated rings. The van der Waals surface area contributed by atoms with Gasteiger partial charge in [-0.1, -0.05) is 204 Å². The first-order valence-corrected chi connectivity index (χ1v) is 23.8. The average Bonchev–Trinajstić information content (AvgIpc) is 3.76. The highest BCUT2D eigenvalue weighted by atomic mass is 16.5. The van der Waals surface area contributed by atoms with Crippen LogP contribution in [0.5, 0.6) is 11.5 Å². The Hall–Kier alpha value is -8.20. The maximum absolute atomic E-state index is 7.26. The van der Waals surface area contributed by atoms with Gasteiger partial charge < -0.3 is 9.64 Å². The van der Waals surface area contributed by atoms with Gasteiger partial charge in [0.15, 0.2) is 11.5 Å². The summed E-state index contributed by atoms with van der Waals surface area (Å²) in [4.78, 5) is 2.46. The van der Waals surface area contributed by atoms with Crippen LogP contribution in [0, 0.1) is 0 Å². The first-order valence-electron chi connectivity index (χ1n) is 23.8. The molecule has 2 heteroatoms. The smallest absolute Gasteiger partial charge is 0.152 e. The second kappa shape index (κ2) is 15.2. The van der Waals surface area contributed by atoms with Gasteiger partial charge >= 0.3 is 0 Å². The summed E-state index contributed by atoms with van der Waals surface area (Å²) in [6.45, 7) is 9.40. The Labute approximate surface area is 399 Å². The molecule has 0 saturated carbocycles. The van der Waals surface area contributed by atoms with Crippen molar-refractivity contribution in [2.45, 2.75) is 38.5 Å². The van der Waals surface area contributed by atoms with Gasteiger partial charge in [-0.25, -0.2) is 0 Å². The Morgan fingerprint density at radius 3 is 1.10 bits per heavy atom. The molecule has 0 amide bonds. The van der Waals surface area contributed by atoms with Crippen molar-refractivity contribution >= 4 is 17.1 Å². The average molecular weight is 872 g/mol. The molecule has 2 aliphatic carbocycles. The van der Waals surface area contributed by atoms with Gasteiger partial charge in [0.2, 0.25) is 0 Å². The van der Waals surface area contributed by atoms with E-state index in [0.29, 0.717) is 0 Å². The van der Waals surface area contributed by atoms with E-state index < -0.39 is 0 Å². The van der Waals surface area contributed by atoms with E-state index in [1.54, 1.807) is 0 Å². The van der Waals surface area contributed by atoms with Crippen molar-refractivity contribution in [1.82, 2.24) is 0 Å². The molecular weight excluding hydrogens is 823 g/mol. The summed E-state index contributed by atoms with van der Waals surface area (Å²) >= 11 is 0. The molecule has 0 saturated heterocycles. The van der Waals surface area contributed by atoms with E-state index in [0.717, 1.165) is 67.5 Å².